The summed E-state index contributed by atoms with van der Waals surface area (Å²) in [6.45, 7) is 6.84. The Hall–Kier alpha value is -2.93. The first-order valence-corrected chi connectivity index (χ1v) is 11.5. The Morgan fingerprint density at radius 1 is 1.09 bits per heavy atom. The lowest BCUT2D eigenvalue weighted by Gasteiger charge is -2.24. The van der Waals surface area contributed by atoms with Crippen molar-refractivity contribution in [3.63, 3.8) is 0 Å². The van der Waals surface area contributed by atoms with E-state index in [4.69, 9.17) is 14.2 Å². The van der Waals surface area contributed by atoms with Crippen LogP contribution < -0.4 is 4.74 Å². The summed E-state index contributed by atoms with van der Waals surface area (Å²) in [6, 6.07) is 10.8. The first-order valence-electron chi connectivity index (χ1n) is 11.5. The Balaban J connectivity index is 1.48. The van der Waals surface area contributed by atoms with Gasteiger partial charge < -0.3 is 19.1 Å². The van der Waals surface area contributed by atoms with Crippen molar-refractivity contribution in [1.82, 2.24) is 9.88 Å². The molecular weight excluding hydrogens is 420 g/mol. The molecule has 1 aliphatic heterocycles. The predicted molar refractivity (Wildman–Crippen MR) is 126 cm³/mol. The average molecular weight is 455 g/mol. The van der Waals surface area contributed by atoms with Crippen LogP contribution in [0.25, 0.3) is 0 Å². The van der Waals surface area contributed by atoms with Crippen LogP contribution in [0, 0.1) is 0 Å². The van der Waals surface area contributed by atoms with Gasteiger partial charge in [0.25, 0.3) is 0 Å². The van der Waals surface area contributed by atoms with Crippen LogP contribution in [0.4, 0.5) is 4.79 Å². The Morgan fingerprint density at radius 2 is 1.82 bits per heavy atom. The van der Waals surface area contributed by atoms with Crippen molar-refractivity contribution < 1.29 is 23.8 Å². The second-order valence-electron chi connectivity index (χ2n) is 9.31. The van der Waals surface area contributed by atoms with Gasteiger partial charge in [-0.25, -0.2) is 4.79 Å². The van der Waals surface area contributed by atoms with E-state index in [1.54, 1.807) is 48.5 Å². The lowest BCUT2D eigenvalue weighted by molar-refractivity contribution is -0.105. The summed E-state index contributed by atoms with van der Waals surface area (Å²) in [5.74, 6) is 0.613. The number of ether oxygens (including phenoxy) is 3. The Labute approximate surface area is 196 Å². The Morgan fingerprint density at radius 3 is 2.42 bits per heavy atom. The van der Waals surface area contributed by atoms with Crippen LogP contribution in [0.3, 0.4) is 0 Å². The monoisotopic (exact) mass is 454 g/mol. The maximum absolute atomic E-state index is 12.8. The van der Waals surface area contributed by atoms with Gasteiger partial charge in [0.1, 0.15) is 11.4 Å². The van der Waals surface area contributed by atoms with Gasteiger partial charge in [-0.3, -0.25) is 9.78 Å². The first-order chi connectivity index (χ1) is 15.7. The lowest BCUT2D eigenvalue weighted by Crippen LogP contribution is -2.34. The predicted octanol–water partition coefficient (Wildman–Crippen LogP) is 5.02. The van der Waals surface area contributed by atoms with Gasteiger partial charge in [-0.15, -0.1) is 0 Å². The minimum atomic E-state index is -0.508. The standard InChI is InChI=1S/C26H34N2O5/c1-26(2,3)33-25(30)28(4)16-7-8-21-13-10-20(18-27-21)24(29)19-11-14-22(15-12-19)32-23-9-5-6-17-31-23/h10-15,18,23H,5-9,16-17H2,1-4H3. The SMILES string of the molecule is CN(CCCc1ccc(C(=O)c2ccc(OC3CCCCO3)cc2)cn1)C(=O)OC(C)(C)C. The maximum Gasteiger partial charge on any atom is 0.410 e. The minimum absolute atomic E-state index is 0.0841. The van der Waals surface area contributed by atoms with Crippen molar-refractivity contribution in [2.75, 3.05) is 20.2 Å². The molecule has 1 fully saturated rings. The number of aromatic nitrogens is 1. The molecule has 33 heavy (non-hydrogen) atoms. The number of aryl methyl sites for hydroxylation is 1. The van der Waals surface area contributed by atoms with Crippen molar-refractivity contribution in [2.24, 2.45) is 0 Å². The van der Waals surface area contributed by atoms with E-state index in [1.807, 2.05) is 26.8 Å². The zero-order chi connectivity index (χ0) is 23.8. The van der Waals surface area contributed by atoms with Crippen LogP contribution in [0.1, 0.15) is 68.1 Å². The maximum atomic E-state index is 12.8. The van der Waals surface area contributed by atoms with Gasteiger partial charge in [-0.2, -0.15) is 0 Å². The van der Waals surface area contributed by atoms with Gasteiger partial charge in [0.2, 0.25) is 0 Å². The van der Waals surface area contributed by atoms with E-state index < -0.39 is 5.60 Å². The normalized spacial score (nSPS) is 16.2. The van der Waals surface area contributed by atoms with Gasteiger partial charge in [-0.1, -0.05) is 0 Å². The number of ketones is 1. The summed E-state index contributed by atoms with van der Waals surface area (Å²) in [5.41, 5.74) is 1.49. The van der Waals surface area contributed by atoms with Gasteiger partial charge in [0, 0.05) is 43.0 Å². The zero-order valence-electron chi connectivity index (χ0n) is 20.0. The molecule has 1 aromatic carbocycles. The van der Waals surface area contributed by atoms with Gasteiger partial charge >= 0.3 is 6.09 Å². The van der Waals surface area contributed by atoms with E-state index in [-0.39, 0.29) is 18.2 Å². The van der Waals surface area contributed by atoms with Crippen molar-refractivity contribution in [3.8, 4) is 5.75 Å². The summed E-state index contributed by atoms with van der Waals surface area (Å²) in [5, 5.41) is 0. The number of rotatable bonds is 8. The number of amides is 1. The van der Waals surface area contributed by atoms with Crippen LogP contribution >= 0.6 is 0 Å². The number of hydrogen-bond donors (Lipinski definition) is 0. The highest BCUT2D eigenvalue weighted by atomic mass is 16.7. The molecule has 0 spiro atoms. The summed E-state index contributed by atoms with van der Waals surface area (Å²) in [6.07, 6.45) is 5.58. The van der Waals surface area contributed by atoms with Crippen molar-refractivity contribution in [3.05, 3.63) is 59.4 Å². The minimum Gasteiger partial charge on any atom is -0.465 e. The fourth-order valence-electron chi connectivity index (χ4n) is 3.44. The molecule has 1 aliphatic rings. The second kappa shape index (κ2) is 11.3. The molecule has 1 amide bonds. The first kappa shape index (κ1) is 24.7. The third-order valence-electron chi connectivity index (χ3n) is 5.24. The molecule has 0 aliphatic carbocycles. The number of nitrogens with zero attached hydrogens (tertiary/aromatic N) is 2. The van der Waals surface area contributed by atoms with Crippen molar-refractivity contribution in [1.29, 1.82) is 0 Å². The molecule has 0 radical (unpaired) electrons. The molecule has 1 saturated heterocycles. The summed E-state index contributed by atoms with van der Waals surface area (Å²) in [4.78, 5) is 30.8. The van der Waals surface area contributed by atoms with E-state index in [0.717, 1.165) is 38.0 Å². The molecular formula is C26H34N2O5. The molecule has 2 heterocycles. The number of hydrogen-bond acceptors (Lipinski definition) is 6. The fraction of sp³-hybridized carbons (Fsp3) is 0.500. The van der Waals surface area contributed by atoms with Crippen molar-refractivity contribution in [2.45, 2.75) is 64.8 Å². The molecule has 0 N–H and O–H groups in total. The Kier molecular flexibility index (Phi) is 8.44. The highest BCUT2D eigenvalue weighted by molar-refractivity contribution is 6.08. The molecule has 0 saturated carbocycles. The topological polar surface area (TPSA) is 78.0 Å². The summed E-state index contributed by atoms with van der Waals surface area (Å²) in [7, 11) is 1.72. The van der Waals surface area contributed by atoms with Crippen LogP contribution in [0.2, 0.25) is 0 Å². The lowest BCUT2D eigenvalue weighted by atomic mass is 10.0. The Bertz CT molecular complexity index is 913. The van der Waals surface area contributed by atoms with Crippen LogP contribution in [-0.2, 0) is 15.9 Å². The fourth-order valence-corrected chi connectivity index (χ4v) is 3.44. The van der Waals surface area contributed by atoms with Gasteiger partial charge in [-0.05, 0) is 82.9 Å². The van der Waals surface area contributed by atoms with E-state index in [0.29, 0.717) is 29.8 Å². The molecule has 1 atom stereocenters. The van der Waals surface area contributed by atoms with E-state index in [2.05, 4.69) is 4.98 Å². The number of benzene rings is 1. The summed E-state index contributed by atoms with van der Waals surface area (Å²) >= 11 is 0. The highest BCUT2D eigenvalue weighted by Crippen LogP contribution is 2.21. The van der Waals surface area contributed by atoms with E-state index in [9.17, 15) is 9.59 Å². The van der Waals surface area contributed by atoms with Crippen LogP contribution in [0.15, 0.2) is 42.6 Å². The third-order valence-corrected chi connectivity index (χ3v) is 5.24. The van der Waals surface area contributed by atoms with Gasteiger partial charge in [0.05, 0.1) is 6.61 Å². The number of carbonyl (C=O) groups is 2. The molecule has 7 heteroatoms. The average Bonchev–Trinajstić information content (AvgIpc) is 2.79. The molecule has 1 aromatic heterocycles. The summed E-state index contributed by atoms with van der Waals surface area (Å²) < 4.78 is 16.8. The van der Waals surface area contributed by atoms with E-state index >= 15 is 0 Å². The molecule has 3 rings (SSSR count). The number of carbonyl (C=O) groups excluding carboxylic acids is 2. The molecule has 1 unspecified atom stereocenters. The molecule has 2 aromatic rings. The van der Waals surface area contributed by atoms with Crippen LogP contribution in [-0.4, -0.2) is 53.9 Å². The van der Waals surface area contributed by atoms with Crippen molar-refractivity contribution >= 4 is 11.9 Å². The zero-order valence-corrected chi connectivity index (χ0v) is 20.0. The highest BCUT2D eigenvalue weighted by Gasteiger charge is 2.19. The van der Waals surface area contributed by atoms with Gasteiger partial charge in [0.15, 0.2) is 12.1 Å². The van der Waals surface area contributed by atoms with Crippen LogP contribution in [0.5, 0.6) is 5.75 Å². The largest absolute Gasteiger partial charge is 0.465 e. The second-order valence-corrected chi connectivity index (χ2v) is 9.31. The molecule has 0 bridgehead atoms. The quantitative estimate of drug-likeness (QED) is 0.522. The molecule has 178 valence electrons. The third kappa shape index (κ3) is 7.86. The number of pyridine rings is 1. The smallest absolute Gasteiger partial charge is 0.410 e. The van der Waals surface area contributed by atoms with E-state index in [1.165, 1.54) is 0 Å². The molecule has 7 nitrogen and oxygen atoms in total.